The fraction of sp³-hybridized carbons (Fsp3) is 0. The molecule has 0 heterocycles. The molecule has 0 fully saturated rings. The Balaban J connectivity index is 2.31. The van der Waals surface area contributed by atoms with E-state index < -0.39 is 10.9 Å². The maximum absolute atomic E-state index is 10.9. The SMILES string of the molecule is O=C(O)c1ccc(Oc2cc(Cl)ccc2[N+](=O)[O-])cc1. The summed E-state index contributed by atoms with van der Waals surface area (Å²) in [5.74, 6) is -0.795. The summed E-state index contributed by atoms with van der Waals surface area (Å²) in [6.45, 7) is 0. The largest absolute Gasteiger partial charge is 0.478 e. The van der Waals surface area contributed by atoms with Crippen molar-refractivity contribution in [3.8, 4) is 11.5 Å². The average molecular weight is 294 g/mol. The van der Waals surface area contributed by atoms with Gasteiger partial charge in [0.25, 0.3) is 0 Å². The van der Waals surface area contributed by atoms with Gasteiger partial charge in [0.05, 0.1) is 10.5 Å². The highest BCUT2D eigenvalue weighted by atomic mass is 35.5. The van der Waals surface area contributed by atoms with Gasteiger partial charge < -0.3 is 9.84 Å². The molecule has 0 aliphatic rings. The van der Waals surface area contributed by atoms with E-state index in [-0.39, 0.29) is 22.7 Å². The van der Waals surface area contributed by atoms with Gasteiger partial charge in [-0.3, -0.25) is 10.1 Å². The van der Waals surface area contributed by atoms with Crippen LogP contribution in [-0.4, -0.2) is 16.0 Å². The lowest BCUT2D eigenvalue weighted by Gasteiger charge is -2.06. The van der Waals surface area contributed by atoms with Crippen LogP contribution in [0.25, 0.3) is 0 Å². The molecule has 2 aromatic carbocycles. The Bertz CT molecular complexity index is 669. The van der Waals surface area contributed by atoms with Gasteiger partial charge in [0.2, 0.25) is 5.75 Å². The number of carboxylic acids is 1. The number of rotatable bonds is 4. The molecule has 6 nitrogen and oxygen atoms in total. The van der Waals surface area contributed by atoms with Crippen molar-refractivity contribution in [3.05, 3.63) is 63.2 Å². The van der Waals surface area contributed by atoms with E-state index >= 15 is 0 Å². The van der Waals surface area contributed by atoms with Gasteiger partial charge in [0.1, 0.15) is 5.75 Å². The number of halogens is 1. The van der Waals surface area contributed by atoms with Crippen LogP contribution in [0.15, 0.2) is 42.5 Å². The van der Waals surface area contributed by atoms with Gasteiger partial charge in [-0.05, 0) is 30.3 Å². The third kappa shape index (κ3) is 3.04. The predicted octanol–water partition coefficient (Wildman–Crippen LogP) is 3.74. The maximum Gasteiger partial charge on any atom is 0.335 e. The first-order valence-electron chi connectivity index (χ1n) is 5.42. The number of carboxylic acid groups (broad SMARTS) is 1. The van der Waals surface area contributed by atoms with Crippen molar-refractivity contribution in [3.63, 3.8) is 0 Å². The van der Waals surface area contributed by atoms with Crippen LogP contribution in [0.5, 0.6) is 11.5 Å². The number of ether oxygens (including phenoxy) is 1. The Morgan fingerprint density at radius 2 is 1.85 bits per heavy atom. The lowest BCUT2D eigenvalue weighted by Crippen LogP contribution is -1.96. The van der Waals surface area contributed by atoms with E-state index in [4.69, 9.17) is 21.4 Å². The number of hydrogen-bond donors (Lipinski definition) is 1. The topological polar surface area (TPSA) is 89.7 Å². The zero-order valence-electron chi connectivity index (χ0n) is 9.95. The van der Waals surface area contributed by atoms with Gasteiger partial charge in [-0.1, -0.05) is 11.6 Å². The smallest absolute Gasteiger partial charge is 0.335 e. The molecule has 0 saturated carbocycles. The average Bonchev–Trinajstić information content (AvgIpc) is 2.39. The van der Waals surface area contributed by atoms with Gasteiger partial charge in [0, 0.05) is 17.2 Å². The summed E-state index contributed by atoms with van der Waals surface area (Å²) in [5, 5.41) is 19.9. The summed E-state index contributed by atoms with van der Waals surface area (Å²) in [5.41, 5.74) is -0.130. The molecule has 1 N–H and O–H groups in total. The molecule has 7 heteroatoms. The Morgan fingerprint density at radius 1 is 1.20 bits per heavy atom. The highest BCUT2D eigenvalue weighted by molar-refractivity contribution is 6.30. The van der Waals surface area contributed by atoms with E-state index in [9.17, 15) is 14.9 Å². The van der Waals surface area contributed by atoms with Crippen molar-refractivity contribution in [1.82, 2.24) is 0 Å². The molecule has 0 bridgehead atoms. The fourth-order valence-corrected chi connectivity index (χ4v) is 1.68. The van der Waals surface area contributed by atoms with Gasteiger partial charge >= 0.3 is 11.7 Å². The van der Waals surface area contributed by atoms with Crippen molar-refractivity contribution >= 4 is 23.3 Å². The number of carbonyl (C=O) groups is 1. The minimum atomic E-state index is -1.06. The zero-order valence-corrected chi connectivity index (χ0v) is 10.7. The number of nitro groups is 1. The Morgan fingerprint density at radius 3 is 2.40 bits per heavy atom. The molecule has 0 aromatic heterocycles. The quantitative estimate of drug-likeness (QED) is 0.685. The van der Waals surface area contributed by atoms with Crippen molar-refractivity contribution in [2.45, 2.75) is 0 Å². The third-order valence-corrected chi connectivity index (χ3v) is 2.68. The number of nitrogens with zero attached hydrogens (tertiary/aromatic N) is 1. The normalized spacial score (nSPS) is 10.1. The van der Waals surface area contributed by atoms with Crippen molar-refractivity contribution in [1.29, 1.82) is 0 Å². The summed E-state index contributed by atoms with van der Waals surface area (Å²) in [6, 6.07) is 9.46. The first-order chi connectivity index (χ1) is 9.47. The van der Waals surface area contributed by atoms with E-state index in [1.165, 1.54) is 42.5 Å². The van der Waals surface area contributed by atoms with Gasteiger partial charge in [-0.25, -0.2) is 4.79 Å². The highest BCUT2D eigenvalue weighted by Crippen LogP contribution is 2.33. The van der Waals surface area contributed by atoms with Crippen molar-refractivity contribution < 1.29 is 19.6 Å². The van der Waals surface area contributed by atoms with Gasteiger partial charge in [-0.2, -0.15) is 0 Å². The van der Waals surface area contributed by atoms with Crippen molar-refractivity contribution in [2.75, 3.05) is 0 Å². The molecule has 0 unspecified atom stereocenters. The first kappa shape index (κ1) is 13.8. The number of aromatic carboxylic acids is 1. The molecular weight excluding hydrogens is 286 g/mol. The Labute approximate surface area is 118 Å². The third-order valence-electron chi connectivity index (χ3n) is 2.45. The summed E-state index contributed by atoms with van der Waals surface area (Å²) in [6.07, 6.45) is 0. The van der Waals surface area contributed by atoms with Crippen molar-refractivity contribution in [2.24, 2.45) is 0 Å². The Kier molecular flexibility index (Phi) is 3.86. The van der Waals surface area contributed by atoms with Crippen LogP contribution in [0, 0.1) is 10.1 Å². The molecule has 20 heavy (non-hydrogen) atoms. The van der Waals surface area contributed by atoms with Gasteiger partial charge in [-0.15, -0.1) is 0 Å². The highest BCUT2D eigenvalue weighted by Gasteiger charge is 2.16. The molecule has 2 rings (SSSR count). The molecule has 0 aliphatic heterocycles. The maximum atomic E-state index is 10.9. The molecule has 2 aromatic rings. The fourth-order valence-electron chi connectivity index (χ4n) is 1.51. The second-order valence-electron chi connectivity index (χ2n) is 3.80. The van der Waals surface area contributed by atoms with Gasteiger partial charge in [0.15, 0.2) is 0 Å². The van der Waals surface area contributed by atoms with Crippen LogP contribution in [0.3, 0.4) is 0 Å². The molecular formula is C13H8ClNO5. The summed E-state index contributed by atoms with van der Waals surface area (Å²) in [4.78, 5) is 21.0. The predicted molar refractivity (Wildman–Crippen MR) is 71.6 cm³/mol. The number of benzene rings is 2. The standard InChI is InChI=1S/C13H8ClNO5/c14-9-3-6-11(15(18)19)12(7-9)20-10-4-1-8(2-5-10)13(16)17/h1-7H,(H,16,17). The number of nitro benzene ring substituents is 1. The van der Waals surface area contributed by atoms with Crippen LogP contribution in [0.2, 0.25) is 5.02 Å². The van der Waals surface area contributed by atoms with E-state index in [1.54, 1.807) is 0 Å². The molecule has 0 amide bonds. The molecule has 0 atom stereocenters. The van der Waals surface area contributed by atoms with Crippen LogP contribution in [-0.2, 0) is 0 Å². The van der Waals surface area contributed by atoms with E-state index in [1.807, 2.05) is 0 Å². The summed E-state index contributed by atoms with van der Waals surface area (Å²) < 4.78 is 5.37. The van der Waals surface area contributed by atoms with Crippen LogP contribution >= 0.6 is 11.6 Å². The van der Waals surface area contributed by atoms with E-state index in [0.29, 0.717) is 5.02 Å². The summed E-state index contributed by atoms with van der Waals surface area (Å²) >= 11 is 5.77. The summed E-state index contributed by atoms with van der Waals surface area (Å²) in [7, 11) is 0. The second kappa shape index (κ2) is 5.58. The lowest BCUT2D eigenvalue weighted by molar-refractivity contribution is -0.385. The monoisotopic (exact) mass is 293 g/mol. The molecule has 102 valence electrons. The minimum Gasteiger partial charge on any atom is -0.478 e. The molecule has 0 radical (unpaired) electrons. The van der Waals surface area contributed by atoms with E-state index in [0.717, 1.165) is 0 Å². The minimum absolute atomic E-state index is 0.00873. The van der Waals surface area contributed by atoms with E-state index in [2.05, 4.69) is 0 Å². The number of hydrogen-bond acceptors (Lipinski definition) is 4. The Hall–Kier alpha value is -2.60. The zero-order chi connectivity index (χ0) is 14.7. The molecule has 0 saturated heterocycles. The van der Waals surface area contributed by atoms with Crippen LogP contribution in [0.4, 0.5) is 5.69 Å². The molecule has 0 spiro atoms. The van der Waals surface area contributed by atoms with Crippen LogP contribution < -0.4 is 4.74 Å². The molecule has 0 aliphatic carbocycles. The van der Waals surface area contributed by atoms with Crippen LogP contribution in [0.1, 0.15) is 10.4 Å². The first-order valence-corrected chi connectivity index (χ1v) is 5.80. The lowest BCUT2D eigenvalue weighted by atomic mass is 10.2. The second-order valence-corrected chi connectivity index (χ2v) is 4.24.